The van der Waals surface area contributed by atoms with Crippen LogP contribution in [-0.2, 0) is 13.1 Å². The first-order chi connectivity index (χ1) is 10.8. The van der Waals surface area contributed by atoms with E-state index in [2.05, 4.69) is 23.3 Å². The Morgan fingerprint density at radius 1 is 1.05 bits per heavy atom. The summed E-state index contributed by atoms with van der Waals surface area (Å²) in [5.74, 6) is 0. The number of nitrogens with zero attached hydrogens (tertiary/aromatic N) is 2. The van der Waals surface area contributed by atoms with Crippen LogP contribution in [0.25, 0.3) is 10.9 Å². The van der Waals surface area contributed by atoms with E-state index in [1.165, 1.54) is 0 Å². The SMILES string of the molecule is C=CCn1c(/C=[N+](\[O-])Cc2ccccc2)cc2ccccc21. The van der Waals surface area contributed by atoms with Crippen molar-refractivity contribution in [3.05, 3.63) is 89.8 Å². The second-order valence-electron chi connectivity index (χ2n) is 5.22. The number of rotatable bonds is 5. The minimum absolute atomic E-state index is 0.344. The molecule has 0 radical (unpaired) electrons. The van der Waals surface area contributed by atoms with Crippen LogP contribution in [0.1, 0.15) is 11.3 Å². The average Bonchev–Trinajstić information content (AvgIpc) is 2.86. The number of hydrogen-bond acceptors (Lipinski definition) is 1. The van der Waals surface area contributed by atoms with E-state index in [1.54, 1.807) is 6.21 Å². The number of hydrogen-bond donors (Lipinski definition) is 0. The smallest absolute Gasteiger partial charge is 0.198 e. The van der Waals surface area contributed by atoms with Crippen molar-refractivity contribution in [3.63, 3.8) is 0 Å². The van der Waals surface area contributed by atoms with Crippen molar-refractivity contribution in [2.45, 2.75) is 13.1 Å². The van der Waals surface area contributed by atoms with Gasteiger partial charge in [-0.25, -0.2) is 4.74 Å². The molecule has 0 atom stereocenters. The van der Waals surface area contributed by atoms with Crippen molar-refractivity contribution < 1.29 is 4.74 Å². The fourth-order valence-corrected chi connectivity index (χ4v) is 2.63. The molecular weight excluding hydrogens is 272 g/mol. The molecule has 0 fully saturated rings. The Labute approximate surface area is 130 Å². The molecule has 0 spiro atoms. The zero-order valence-corrected chi connectivity index (χ0v) is 12.4. The van der Waals surface area contributed by atoms with Crippen molar-refractivity contribution in [2.24, 2.45) is 0 Å². The third kappa shape index (κ3) is 2.93. The van der Waals surface area contributed by atoms with Gasteiger partial charge >= 0.3 is 0 Å². The molecule has 22 heavy (non-hydrogen) atoms. The van der Waals surface area contributed by atoms with Crippen LogP contribution >= 0.6 is 0 Å². The Hall–Kier alpha value is -2.81. The van der Waals surface area contributed by atoms with Gasteiger partial charge in [-0.2, -0.15) is 0 Å². The molecule has 0 aliphatic carbocycles. The fourth-order valence-electron chi connectivity index (χ4n) is 2.63. The Balaban J connectivity index is 1.96. The zero-order valence-electron chi connectivity index (χ0n) is 12.4. The third-order valence-electron chi connectivity index (χ3n) is 3.61. The van der Waals surface area contributed by atoms with E-state index in [9.17, 15) is 5.21 Å². The topological polar surface area (TPSA) is 31.0 Å². The summed E-state index contributed by atoms with van der Waals surface area (Å²) < 4.78 is 3.07. The normalized spacial score (nSPS) is 11.7. The number of fused-ring (bicyclic) bond motifs is 1. The van der Waals surface area contributed by atoms with Gasteiger partial charge in [-0.1, -0.05) is 54.6 Å². The van der Waals surface area contributed by atoms with E-state index < -0.39 is 0 Å². The van der Waals surface area contributed by atoms with Gasteiger partial charge in [0.15, 0.2) is 12.8 Å². The molecule has 0 saturated heterocycles. The maximum Gasteiger partial charge on any atom is 0.198 e. The lowest BCUT2D eigenvalue weighted by atomic mass is 10.2. The highest BCUT2D eigenvalue weighted by Gasteiger charge is 2.08. The second kappa shape index (κ2) is 6.31. The Bertz CT molecular complexity index is 816. The quantitative estimate of drug-likeness (QED) is 0.230. The predicted molar refractivity (Wildman–Crippen MR) is 91.1 cm³/mol. The van der Waals surface area contributed by atoms with E-state index in [0.717, 1.165) is 26.9 Å². The van der Waals surface area contributed by atoms with E-state index in [-0.39, 0.29) is 0 Å². The van der Waals surface area contributed by atoms with Gasteiger partial charge in [-0.3, -0.25) is 0 Å². The highest BCUT2D eigenvalue weighted by molar-refractivity contribution is 5.89. The van der Waals surface area contributed by atoms with Crippen molar-refractivity contribution in [1.29, 1.82) is 0 Å². The molecule has 1 aromatic heterocycles. The molecule has 3 heteroatoms. The monoisotopic (exact) mass is 290 g/mol. The van der Waals surface area contributed by atoms with Gasteiger partial charge in [0.25, 0.3) is 0 Å². The molecule has 2 aromatic carbocycles. The van der Waals surface area contributed by atoms with Gasteiger partial charge in [0.05, 0.1) is 0 Å². The molecule has 0 unspecified atom stereocenters. The molecule has 3 rings (SSSR count). The number of aromatic nitrogens is 1. The lowest BCUT2D eigenvalue weighted by Gasteiger charge is -2.07. The molecule has 0 N–H and O–H groups in total. The maximum atomic E-state index is 12.2. The largest absolute Gasteiger partial charge is 0.623 e. The number of para-hydroxylation sites is 1. The summed E-state index contributed by atoms with van der Waals surface area (Å²) in [5.41, 5.74) is 3.01. The van der Waals surface area contributed by atoms with Crippen LogP contribution in [0.2, 0.25) is 0 Å². The molecule has 0 saturated carbocycles. The number of hydroxylamine groups is 1. The molecule has 3 nitrogen and oxygen atoms in total. The summed E-state index contributed by atoms with van der Waals surface area (Å²) >= 11 is 0. The number of benzene rings is 2. The molecule has 0 bridgehead atoms. The van der Waals surface area contributed by atoms with Gasteiger partial charge in [0.1, 0.15) is 5.69 Å². The van der Waals surface area contributed by atoms with Gasteiger partial charge < -0.3 is 9.77 Å². The highest BCUT2D eigenvalue weighted by atomic mass is 16.5. The molecule has 0 aliphatic heterocycles. The van der Waals surface area contributed by atoms with E-state index >= 15 is 0 Å². The minimum atomic E-state index is 0.344. The van der Waals surface area contributed by atoms with E-state index in [0.29, 0.717) is 13.1 Å². The van der Waals surface area contributed by atoms with Crippen LogP contribution in [0.15, 0.2) is 73.3 Å². The maximum absolute atomic E-state index is 12.2. The minimum Gasteiger partial charge on any atom is -0.623 e. The highest BCUT2D eigenvalue weighted by Crippen LogP contribution is 2.18. The van der Waals surface area contributed by atoms with Crippen LogP contribution in [0.4, 0.5) is 0 Å². The molecule has 3 aromatic rings. The second-order valence-corrected chi connectivity index (χ2v) is 5.22. The van der Waals surface area contributed by atoms with Crippen LogP contribution in [0.3, 0.4) is 0 Å². The first-order valence-corrected chi connectivity index (χ1v) is 7.29. The Morgan fingerprint density at radius 3 is 2.55 bits per heavy atom. The first kappa shape index (κ1) is 14.1. The van der Waals surface area contributed by atoms with Crippen molar-refractivity contribution in [2.75, 3.05) is 0 Å². The van der Waals surface area contributed by atoms with Crippen LogP contribution < -0.4 is 0 Å². The van der Waals surface area contributed by atoms with Gasteiger partial charge in [0, 0.05) is 23.0 Å². The fraction of sp³-hybridized carbons (Fsp3) is 0.105. The number of allylic oxidation sites excluding steroid dienone is 1. The molecule has 0 aliphatic rings. The van der Waals surface area contributed by atoms with Crippen LogP contribution in [-0.4, -0.2) is 15.5 Å². The van der Waals surface area contributed by atoms with Gasteiger partial charge in [-0.15, -0.1) is 6.58 Å². The van der Waals surface area contributed by atoms with E-state index in [4.69, 9.17) is 0 Å². The summed E-state index contributed by atoms with van der Waals surface area (Å²) in [5, 5.41) is 13.4. The predicted octanol–water partition coefficient (Wildman–Crippen LogP) is 3.96. The van der Waals surface area contributed by atoms with Crippen LogP contribution in [0.5, 0.6) is 0 Å². The first-order valence-electron chi connectivity index (χ1n) is 7.29. The molecule has 110 valence electrons. The molecule has 1 heterocycles. The van der Waals surface area contributed by atoms with Crippen molar-refractivity contribution >= 4 is 17.1 Å². The Morgan fingerprint density at radius 2 is 1.77 bits per heavy atom. The summed E-state index contributed by atoms with van der Waals surface area (Å²) in [6.07, 6.45) is 3.49. The molecule has 0 amide bonds. The summed E-state index contributed by atoms with van der Waals surface area (Å²) in [7, 11) is 0. The van der Waals surface area contributed by atoms with Gasteiger partial charge in [0.2, 0.25) is 0 Å². The van der Waals surface area contributed by atoms with Crippen molar-refractivity contribution in [1.82, 2.24) is 4.57 Å². The Kier molecular flexibility index (Phi) is 4.05. The summed E-state index contributed by atoms with van der Waals surface area (Å²) in [6, 6.07) is 19.9. The van der Waals surface area contributed by atoms with Gasteiger partial charge in [-0.05, 0) is 12.1 Å². The molecular formula is C19H18N2O. The zero-order chi connectivity index (χ0) is 15.4. The van der Waals surface area contributed by atoms with Crippen LogP contribution in [0, 0.1) is 5.21 Å². The lowest BCUT2D eigenvalue weighted by Crippen LogP contribution is -2.09. The summed E-state index contributed by atoms with van der Waals surface area (Å²) in [6.45, 7) is 4.83. The third-order valence-corrected chi connectivity index (χ3v) is 3.61. The average molecular weight is 290 g/mol. The summed E-state index contributed by atoms with van der Waals surface area (Å²) in [4.78, 5) is 0. The standard InChI is InChI=1S/C19H18N2O/c1-2-12-21-18(13-17-10-6-7-11-19(17)21)15-20(22)14-16-8-4-3-5-9-16/h2-11,13,15H,1,12,14H2/b20-15-. The lowest BCUT2D eigenvalue weighted by molar-refractivity contribution is -0.469. The van der Waals surface area contributed by atoms with E-state index in [1.807, 2.05) is 54.6 Å². The van der Waals surface area contributed by atoms with Crippen molar-refractivity contribution in [3.8, 4) is 0 Å².